The van der Waals surface area contributed by atoms with E-state index in [1.165, 1.54) is 30.6 Å². The molecule has 1 aromatic heterocycles. The molecular weight excluding hydrogens is 256 g/mol. The maximum Gasteiger partial charge on any atom is 0.261 e. The molecule has 3 N–H and O–H groups in total. The van der Waals surface area contributed by atoms with Crippen LogP contribution >= 0.6 is 11.3 Å². The second-order valence-electron chi connectivity index (χ2n) is 5.05. The Labute approximate surface area is 118 Å². The normalized spacial score (nSPS) is 21.8. The summed E-state index contributed by atoms with van der Waals surface area (Å²) in [5.74, 6) is 7.13. The van der Waals surface area contributed by atoms with Gasteiger partial charge in [0.1, 0.15) is 0 Å². The van der Waals surface area contributed by atoms with Crippen LogP contribution in [-0.4, -0.2) is 19.0 Å². The molecule has 0 radical (unpaired) electrons. The van der Waals surface area contributed by atoms with Crippen LogP contribution in [0, 0.1) is 23.7 Å². The molecule has 1 aliphatic rings. The van der Waals surface area contributed by atoms with E-state index in [2.05, 4.69) is 24.1 Å². The Morgan fingerprint density at radius 1 is 1.53 bits per heavy atom. The number of rotatable bonds is 3. The first-order valence-electron chi connectivity index (χ1n) is 6.77. The summed E-state index contributed by atoms with van der Waals surface area (Å²) in [6.07, 6.45) is 3.82. The summed E-state index contributed by atoms with van der Waals surface area (Å²) >= 11 is 1.42. The van der Waals surface area contributed by atoms with Gasteiger partial charge in [0.25, 0.3) is 5.91 Å². The number of nitrogens with one attached hydrogen (secondary N) is 1. The molecule has 3 nitrogen and oxygen atoms in total. The number of carbonyl (C=O) groups is 1. The number of hydrogen-bond acceptors (Lipinski definition) is 3. The predicted octanol–water partition coefficient (Wildman–Crippen LogP) is 2.22. The van der Waals surface area contributed by atoms with E-state index in [1.54, 1.807) is 0 Å². The monoisotopic (exact) mass is 276 g/mol. The molecule has 0 spiro atoms. The average Bonchev–Trinajstić information content (AvgIpc) is 3.03. The molecule has 1 aromatic rings. The van der Waals surface area contributed by atoms with Gasteiger partial charge in [-0.05, 0) is 30.4 Å². The van der Waals surface area contributed by atoms with Crippen LogP contribution in [0.2, 0.25) is 0 Å². The minimum Gasteiger partial charge on any atom is -0.351 e. The summed E-state index contributed by atoms with van der Waals surface area (Å²) in [5, 5.41) is 3.04. The summed E-state index contributed by atoms with van der Waals surface area (Å²) in [7, 11) is 0. The lowest BCUT2D eigenvalue weighted by Gasteiger charge is -2.15. The number of nitrogens with two attached hydrogens (primary N) is 1. The fraction of sp³-hybridized carbons (Fsp3) is 0.533. The van der Waals surface area contributed by atoms with Crippen LogP contribution in [0.4, 0.5) is 0 Å². The van der Waals surface area contributed by atoms with Gasteiger partial charge in [0.15, 0.2) is 0 Å². The number of thiophene rings is 1. The van der Waals surface area contributed by atoms with E-state index in [0.717, 1.165) is 22.2 Å². The third-order valence-corrected chi connectivity index (χ3v) is 4.71. The van der Waals surface area contributed by atoms with E-state index in [1.807, 2.05) is 12.1 Å². The third kappa shape index (κ3) is 3.82. The Bertz CT molecular complexity index is 498. The number of carbonyl (C=O) groups excluding carboxylic acids is 1. The van der Waals surface area contributed by atoms with Crippen molar-refractivity contribution in [2.75, 3.05) is 13.1 Å². The summed E-state index contributed by atoms with van der Waals surface area (Å²) in [4.78, 5) is 13.6. The lowest BCUT2D eigenvalue weighted by molar-refractivity contribution is 0.0948. The average molecular weight is 276 g/mol. The molecule has 2 atom stereocenters. The lowest BCUT2D eigenvalue weighted by atomic mass is 9.98. The molecule has 1 heterocycles. The van der Waals surface area contributed by atoms with Gasteiger partial charge in [0.05, 0.1) is 16.3 Å². The first-order valence-corrected chi connectivity index (χ1v) is 7.59. The highest BCUT2D eigenvalue weighted by molar-refractivity contribution is 7.14. The fourth-order valence-corrected chi connectivity index (χ4v) is 3.30. The molecule has 0 bridgehead atoms. The Morgan fingerprint density at radius 2 is 2.37 bits per heavy atom. The minimum atomic E-state index is 0.0184. The van der Waals surface area contributed by atoms with Crippen molar-refractivity contribution in [1.29, 1.82) is 0 Å². The van der Waals surface area contributed by atoms with Crippen molar-refractivity contribution in [2.24, 2.45) is 17.6 Å². The molecule has 102 valence electrons. The molecule has 0 saturated heterocycles. The quantitative estimate of drug-likeness (QED) is 0.832. The summed E-state index contributed by atoms with van der Waals surface area (Å²) in [6.45, 7) is 3.41. The fourth-order valence-electron chi connectivity index (χ4n) is 2.50. The second kappa shape index (κ2) is 6.74. The smallest absolute Gasteiger partial charge is 0.261 e. The molecule has 19 heavy (non-hydrogen) atoms. The predicted molar refractivity (Wildman–Crippen MR) is 79.1 cm³/mol. The van der Waals surface area contributed by atoms with Crippen LogP contribution in [-0.2, 0) is 0 Å². The van der Waals surface area contributed by atoms with Gasteiger partial charge in [0, 0.05) is 6.54 Å². The highest BCUT2D eigenvalue weighted by Crippen LogP contribution is 2.30. The van der Waals surface area contributed by atoms with E-state index in [4.69, 9.17) is 5.73 Å². The Balaban J connectivity index is 1.87. The van der Waals surface area contributed by atoms with E-state index < -0.39 is 0 Å². The van der Waals surface area contributed by atoms with Crippen LogP contribution in [0.3, 0.4) is 0 Å². The van der Waals surface area contributed by atoms with Crippen LogP contribution in [0.25, 0.3) is 0 Å². The Hall–Kier alpha value is -1.31. The standard InChI is InChI=1S/C15H20N2OS/c1-11-4-2-5-12(11)10-17-15(18)14-8-7-13(19-14)6-3-9-16/h7-8,11-12H,2,4-5,9-10,16H2,1H3,(H,17,18). The van der Waals surface area contributed by atoms with Crippen molar-refractivity contribution in [2.45, 2.75) is 26.2 Å². The van der Waals surface area contributed by atoms with Gasteiger partial charge < -0.3 is 11.1 Å². The minimum absolute atomic E-state index is 0.0184. The van der Waals surface area contributed by atoms with E-state index in [-0.39, 0.29) is 5.91 Å². The van der Waals surface area contributed by atoms with E-state index in [9.17, 15) is 4.79 Å². The molecule has 1 saturated carbocycles. The van der Waals surface area contributed by atoms with Gasteiger partial charge >= 0.3 is 0 Å². The molecule has 2 unspecified atom stereocenters. The zero-order valence-electron chi connectivity index (χ0n) is 11.2. The van der Waals surface area contributed by atoms with Crippen molar-refractivity contribution >= 4 is 17.2 Å². The Kier molecular flexibility index (Phi) is 5.00. The maximum atomic E-state index is 12.0. The van der Waals surface area contributed by atoms with Crippen molar-refractivity contribution in [3.8, 4) is 11.8 Å². The zero-order chi connectivity index (χ0) is 13.7. The molecule has 2 rings (SSSR count). The van der Waals surface area contributed by atoms with Crippen LogP contribution in [0.1, 0.15) is 40.7 Å². The van der Waals surface area contributed by atoms with Gasteiger partial charge in [0.2, 0.25) is 0 Å². The third-order valence-electron chi connectivity index (χ3n) is 3.71. The van der Waals surface area contributed by atoms with E-state index in [0.29, 0.717) is 12.5 Å². The summed E-state index contributed by atoms with van der Waals surface area (Å²) < 4.78 is 0. The molecule has 1 fully saturated rings. The van der Waals surface area contributed by atoms with Crippen molar-refractivity contribution in [3.05, 3.63) is 21.9 Å². The summed E-state index contributed by atoms with van der Waals surface area (Å²) in [5.41, 5.74) is 5.33. The molecule has 4 heteroatoms. The zero-order valence-corrected chi connectivity index (χ0v) is 12.1. The first-order chi connectivity index (χ1) is 9.20. The molecule has 1 amide bonds. The lowest BCUT2D eigenvalue weighted by Crippen LogP contribution is -2.29. The summed E-state index contributed by atoms with van der Waals surface area (Å²) in [6, 6.07) is 3.71. The van der Waals surface area contributed by atoms with Crippen molar-refractivity contribution in [1.82, 2.24) is 5.32 Å². The molecule has 1 aliphatic carbocycles. The first kappa shape index (κ1) is 14.1. The SMILES string of the molecule is CC1CCCC1CNC(=O)c1ccc(C#CCN)s1. The van der Waals surface area contributed by atoms with Crippen molar-refractivity contribution in [3.63, 3.8) is 0 Å². The van der Waals surface area contributed by atoms with Crippen LogP contribution < -0.4 is 11.1 Å². The number of amides is 1. The van der Waals surface area contributed by atoms with Crippen LogP contribution in [0.5, 0.6) is 0 Å². The highest BCUT2D eigenvalue weighted by atomic mass is 32.1. The van der Waals surface area contributed by atoms with Gasteiger partial charge in [-0.2, -0.15) is 0 Å². The molecular formula is C15H20N2OS. The Morgan fingerprint density at radius 3 is 3.05 bits per heavy atom. The van der Waals surface area contributed by atoms with Gasteiger partial charge in [-0.3, -0.25) is 4.79 Å². The van der Waals surface area contributed by atoms with Gasteiger partial charge in [-0.15, -0.1) is 11.3 Å². The van der Waals surface area contributed by atoms with Gasteiger partial charge in [-0.25, -0.2) is 0 Å². The van der Waals surface area contributed by atoms with Crippen molar-refractivity contribution < 1.29 is 4.79 Å². The van der Waals surface area contributed by atoms with Crippen LogP contribution in [0.15, 0.2) is 12.1 Å². The molecule has 0 aromatic carbocycles. The second-order valence-corrected chi connectivity index (χ2v) is 6.13. The number of hydrogen-bond donors (Lipinski definition) is 2. The largest absolute Gasteiger partial charge is 0.351 e. The topological polar surface area (TPSA) is 55.1 Å². The maximum absolute atomic E-state index is 12.0. The molecule has 0 aliphatic heterocycles. The van der Waals surface area contributed by atoms with Gasteiger partial charge in [-0.1, -0.05) is 31.6 Å². The highest BCUT2D eigenvalue weighted by Gasteiger charge is 2.23. The van der Waals surface area contributed by atoms with E-state index >= 15 is 0 Å².